The fourth-order valence-corrected chi connectivity index (χ4v) is 1.46. The van der Waals surface area contributed by atoms with Gasteiger partial charge in [0, 0.05) is 0 Å². The third kappa shape index (κ3) is 0.783. The zero-order valence-corrected chi connectivity index (χ0v) is 7.12. The van der Waals surface area contributed by atoms with Gasteiger partial charge in [0.2, 0.25) is 0 Å². The van der Waals surface area contributed by atoms with Gasteiger partial charge in [0.25, 0.3) is 0 Å². The van der Waals surface area contributed by atoms with Crippen molar-refractivity contribution in [2.75, 3.05) is 0 Å². The fourth-order valence-electron chi connectivity index (χ4n) is 0.964. The van der Waals surface area contributed by atoms with Gasteiger partial charge >= 0.3 is 67.1 Å². The molecule has 0 aliphatic carbocycles. The SMILES string of the molecule is [As]c1coc2ccccc12. The van der Waals surface area contributed by atoms with Crippen LogP contribution in [0.15, 0.2) is 34.9 Å². The number of furan rings is 1. The van der Waals surface area contributed by atoms with E-state index in [1.54, 1.807) is 6.26 Å². The molecule has 2 aromatic rings. The molecule has 0 aliphatic heterocycles. The zero-order chi connectivity index (χ0) is 6.97. The Hall–Kier alpha value is -0.682. The van der Waals surface area contributed by atoms with Gasteiger partial charge < -0.3 is 0 Å². The van der Waals surface area contributed by atoms with Gasteiger partial charge in [0.05, 0.1) is 0 Å². The molecule has 0 fully saturated rings. The Labute approximate surface area is 67.5 Å². The van der Waals surface area contributed by atoms with Gasteiger partial charge in [-0.15, -0.1) is 0 Å². The molecule has 1 nitrogen and oxygen atoms in total. The molecular weight excluding hydrogens is 187 g/mol. The molecule has 0 atom stereocenters. The summed E-state index contributed by atoms with van der Waals surface area (Å²) in [5.41, 5.74) is 0.957. The molecule has 1 aromatic carbocycles. The Morgan fingerprint density at radius 3 is 2.80 bits per heavy atom. The standard InChI is InChI=1S/C8H5AsO/c9-7-5-10-8-4-2-1-3-6(7)8/h1-5H. The molecule has 0 saturated carbocycles. The van der Waals surface area contributed by atoms with Crippen molar-refractivity contribution in [1.29, 1.82) is 0 Å². The quantitative estimate of drug-likeness (QED) is 0.572. The molecule has 2 radical (unpaired) electrons. The van der Waals surface area contributed by atoms with Crippen LogP contribution in [0, 0.1) is 0 Å². The van der Waals surface area contributed by atoms with E-state index >= 15 is 0 Å². The number of benzene rings is 1. The summed E-state index contributed by atoms with van der Waals surface area (Å²) >= 11 is 2.49. The summed E-state index contributed by atoms with van der Waals surface area (Å²) in [5, 5.41) is 1.18. The number of para-hydroxylation sites is 1. The minimum absolute atomic E-state index is 0.957. The van der Waals surface area contributed by atoms with E-state index in [1.807, 2.05) is 24.3 Å². The van der Waals surface area contributed by atoms with Crippen molar-refractivity contribution in [2.45, 2.75) is 0 Å². The van der Waals surface area contributed by atoms with Gasteiger partial charge in [-0.2, -0.15) is 0 Å². The molecule has 0 amide bonds. The Kier molecular flexibility index (Phi) is 1.32. The summed E-state index contributed by atoms with van der Waals surface area (Å²) in [6, 6.07) is 7.99. The summed E-state index contributed by atoms with van der Waals surface area (Å²) in [7, 11) is 0. The van der Waals surface area contributed by atoms with Gasteiger partial charge in [-0.05, 0) is 0 Å². The van der Waals surface area contributed by atoms with E-state index in [9.17, 15) is 0 Å². The topological polar surface area (TPSA) is 13.1 Å². The van der Waals surface area contributed by atoms with Crippen LogP contribution >= 0.6 is 0 Å². The van der Waals surface area contributed by atoms with Crippen LogP contribution in [0.4, 0.5) is 0 Å². The molecule has 2 heteroatoms. The first-order valence-corrected chi connectivity index (χ1v) is 3.97. The summed E-state index contributed by atoms with van der Waals surface area (Å²) in [6.07, 6.45) is 1.75. The average molecular weight is 192 g/mol. The zero-order valence-electron chi connectivity index (χ0n) is 5.24. The van der Waals surface area contributed by atoms with Gasteiger partial charge in [-0.25, -0.2) is 0 Å². The van der Waals surface area contributed by atoms with Crippen LogP contribution < -0.4 is 4.35 Å². The maximum atomic E-state index is 5.23. The predicted molar refractivity (Wildman–Crippen MR) is 41.6 cm³/mol. The molecule has 1 heterocycles. The van der Waals surface area contributed by atoms with Crippen molar-refractivity contribution >= 4 is 32.2 Å². The third-order valence-electron chi connectivity index (χ3n) is 1.46. The number of hydrogen-bond acceptors (Lipinski definition) is 1. The summed E-state index contributed by atoms with van der Waals surface area (Å²) in [5.74, 6) is 0. The van der Waals surface area contributed by atoms with Gasteiger partial charge in [0.15, 0.2) is 0 Å². The normalized spacial score (nSPS) is 10.5. The van der Waals surface area contributed by atoms with Crippen LogP contribution in [0.5, 0.6) is 0 Å². The van der Waals surface area contributed by atoms with E-state index in [-0.39, 0.29) is 0 Å². The predicted octanol–water partition coefficient (Wildman–Crippen LogP) is 1.23. The van der Waals surface area contributed by atoms with Crippen molar-refractivity contribution in [3.05, 3.63) is 30.5 Å². The van der Waals surface area contributed by atoms with Crippen LogP contribution in [0.3, 0.4) is 0 Å². The monoisotopic (exact) mass is 192 g/mol. The Morgan fingerprint density at radius 2 is 2.00 bits per heavy atom. The first kappa shape index (κ1) is 6.06. The number of fused-ring (bicyclic) bond motifs is 1. The van der Waals surface area contributed by atoms with Gasteiger partial charge in [0.1, 0.15) is 0 Å². The first-order chi connectivity index (χ1) is 4.88. The second-order valence-electron chi connectivity index (χ2n) is 2.12. The van der Waals surface area contributed by atoms with Crippen molar-refractivity contribution < 1.29 is 4.42 Å². The average Bonchev–Trinajstić information content (AvgIpc) is 2.34. The van der Waals surface area contributed by atoms with Crippen molar-refractivity contribution in [2.24, 2.45) is 0 Å². The van der Waals surface area contributed by atoms with Crippen molar-refractivity contribution in [3.8, 4) is 0 Å². The molecule has 0 N–H and O–H groups in total. The fraction of sp³-hybridized carbons (Fsp3) is 0. The number of hydrogen-bond donors (Lipinski definition) is 0. The Balaban J connectivity index is 2.93. The van der Waals surface area contributed by atoms with E-state index < -0.39 is 0 Å². The van der Waals surface area contributed by atoms with Crippen molar-refractivity contribution in [3.63, 3.8) is 0 Å². The molecule has 1 aromatic heterocycles. The molecule has 0 spiro atoms. The molecule has 48 valence electrons. The second-order valence-corrected chi connectivity index (χ2v) is 3.13. The van der Waals surface area contributed by atoms with Crippen LogP contribution in [-0.4, -0.2) is 16.9 Å². The summed E-state index contributed by atoms with van der Waals surface area (Å²) in [4.78, 5) is 0. The maximum absolute atomic E-state index is 5.23. The van der Waals surface area contributed by atoms with Crippen LogP contribution in [-0.2, 0) is 0 Å². The van der Waals surface area contributed by atoms with Crippen LogP contribution in [0.1, 0.15) is 0 Å². The molecule has 10 heavy (non-hydrogen) atoms. The van der Waals surface area contributed by atoms with Crippen LogP contribution in [0.2, 0.25) is 0 Å². The van der Waals surface area contributed by atoms with Gasteiger partial charge in [-0.1, -0.05) is 0 Å². The minimum atomic E-state index is 0.957. The summed E-state index contributed by atoms with van der Waals surface area (Å²) in [6.45, 7) is 0. The van der Waals surface area contributed by atoms with E-state index in [0.717, 1.165) is 9.93 Å². The molecule has 0 unspecified atom stereocenters. The van der Waals surface area contributed by atoms with Gasteiger partial charge in [-0.3, -0.25) is 0 Å². The first-order valence-electron chi connectivity index (χ1n) is 3.03. The van der Waals surface area contributed by atoms with Crippen molar-refractivity contribution in [1.82, 2.24) is 0 Å². The number of rotatable bonds is 0. The van der Waals surface area contributed by atoms with E-state index in [4.69, 9.17) is 4.42 Å². The molecule has 0 saturated heterocycles. The molecule has 0 aliphatic rings. The van der Waals surface area contributed by atoms with E-state index in [2.05, 4.69) is 16.9 Å². The summed E-state index contributed by atoms with van der Waals surface area (Å²) < 4.78 is 6.37. The van der Waals surface area contributed by atoms with E-state index in [1.165, 1.54) is 5.39 Å². The third-order valence-corrected chi connectivity index (χ3v) is 2.19. The second kappa shape index (κ2) is 2.17. The van der Waals surface area contributed by atoms with E-state index in [0.29, 0.717) is 0 Å². The molecule has 2 rings (SSSR count). The Morgan fingerprint density at radius 1 is 1.20 bits per heavy atom. The Bertz CT molecular complexity index is 351. The molecular formula is C8H5AsO. The molecule has 0 bridgehead atoms. The van der Waals surface area contributed by atoms with Crippen LogP contribution in [0.25, 0.3) is 11.0 Å².